The second-order valence-corrected chi connectivity index (χ2v) is 5.37. The van der Waals surface area contributed by atoms with Gasteiger partial charge in [0.25, 0.3) is 0 Å². The third-order valence-corrected chi connectivity index (χ3v) is 3.54. The molecule has 1 aromatic heterocycles. The van der Waals surface area contributed by atoms with Crippen LogP contribution in [-0.4, -0.2) is 21.2 Å². The molecule has 0 aliphatic heterocycles. The quantitative estimate of drug-likeness (QED) is 0.672. The van der Waals surface area contributed by atoms with Gasteiger partial charge >= 0.3 is 5.97 Å². The van der Waals surface area contributed by atoms with Crippen molar-refractivity contribution in [2.45, 2.75) is 6.42 Å². The number of carboxylic acids is 1. The van der Waals surface area contributed by atoms with E-state index in [9.17, 15) is 9.90 Å². The summed E-state index contributed by atoms with van der Waals surface area (Å²) in [6.45, 7) is 0. The largest absolute Gasteiger partial charge is 0.507 e. The number of phenols is 1. The first kappa shape index (κ1) is 16.3. The van der Waals surface area contributed by atoms with Crippen molar-refractivity contribution in [2.75, 3.05) is 0 Å². The molecule has 0 fully saturated rings. The lowest BCUT2D eigenvalue weighted by Crippen LogP contribution is -1.95. The molecule has 1 heterocycles. The highest BCUT2D eigenvalue weighted by atomic mass is 16.4. The predicted molar refractivity (Wildman–Crippen MR) is 92.7 cm³/mol. The maximum atomic E-state index is 11.0. The highest BCUT2D eigenvalue weighted by Gasteiger charge is 2.09. The number of nitrogens with zero attached hydrogens (tertiary/aromatic N) is 3. The second kappa shape index (κ2) is 7.35. The van der Waals surface area contributed by atoms with Gasteiger partial charge < -0.3 is 10.2 Å². The van der Waals surface area contributed by atoms with Crippen LogP contribution in [0.25, 0.3) is 0 Å². The average Bonchev–Trinajstić information content (AvgIpc) is 2.63. The van der Waals surface area contributed by atoms with Gasteiger partial charge in [0.15, 0.2) is 0 Å². The number of aromatic hydroxyl groups is 1. The lowest BCUT2D eigenvalue weighted by molar-refractivity contribution is 0.0694. The van der Waals surface area contributed by atoms with E-state index in [0.29, 0.717) is 11.4 Å². The molecule has 0 saturated carbocycles. The lowest BCUT2D eigenvalue weighted by atomic mass is 10.1. The number of carbonyl (C=O) groups is 1. The molecule has 0 atom stereocenters. The minimum atomic E-state index is -1.21. The molecule has 0 spiro atoms. The van der Waals surface area contributed by atoms with Crippen molar-refractivity contribution in [3.8, 4) is 5.75 Å². The van der Waals surface area contributed by atoms with Crippen molar-refractivity contribution < 1.29 is 15.0 Å². The number of hydrogen-bond donors (Lipinski definition) is 2. The topological polar surface area (TPSA) is 95.1 Å². The number of benzene rings is 2. The molecule has 25 heavy (non-hydrogen) atoms. The molecule has 0 aliphatic rings. The molecule has 0 radical (unpaired) electrons. The Morgan fingerprint density at radius 1 is 0.960 bits per heavy atom. The first-order valence-corrected chi connectivity index (χ1v) is 7.59. The van der Waals surface area contributed by atoms with Crippen molar-refractivity contribution >= 4 is 17.3 Å². The Balaban J connectivity index is 1.72. The van der Waals surface area contributed by atoms with Crippen LogP contribution in [0.15, 0.2) is 77.1 Å². The molecule has 6 nitrogen and oxygen atoms in total. The van der Waals surface area contributed by atoms with Crippen LogP contribution >= 0.6 is 0 Å². The minimum Gasteiger partial charge on any atom is -0.507 e. The molecule has 2 N–H and O–H groups in total. The minimum absolute atomic E-state index is 0.206. The number of hydrogen-bond acceptors (Lipinski definition) is 5. The van der Waals surface area contributed by atoms with Crippen molar-refractivity contribution in [2.24, 2.45) is 10.2 Å². The summed E-state index contributed by atoms with van der Waals surface area (Å²) in [7, 11) is 0. The van der Waals surface area contributed by atoms with Gasteiger partial charge in [-0.1, -0.05) is 18.2 Å². The van der Waals surface area contributed by atoms with E-state index in [2.05, 4.69) is 15.2 Å². The Bertz CT molecular complexity index is 907. The highest BCUT2D eigenvalue weighted by Crippen LogP contribution is 2.25. The first-order valence-electron chi connectivity index (χ1n) is 7.59. The van der Waals surface area contributed by atoms with Crippen molar-refractivity contribution in [3.63, 3.8) is 0 Å². The Hall–Kier alpha value is -3.54. The van der Waals surface area contributed by atoms with Crippen LogP contribution in [0.4, 0.5) is 11.4 Å². The van der Waals surface area contributed by atoms with Gasteiger partial charge in [-0.2, -0.15) is 10.2 Å². The van der Waals surface area contributed by atoms with Crippen LogP contribution in [-0.2, 0) is 6.42 Å². The van der Waals surface area contributed by atoms with Crippen LogP contribution in [0.3, 0.4) is 0 Å². The van der Waals surface area contributed by atoms with Crippen molar-refractivity contribution in [1.82, 2.24) is 4.98 Å². The normalized spacial score (nSPS) is 10.9. The molecule has 3 aromatic rings. The Labute approximate surface area is 144 Å². The number of aromatic nitrogens is 1. The summed E-state index contributed by atoms with van der Waals surface area (Å²) in [5.74, 6) is -1.52. The smallest absolute Gasteiger partial charge is 0.339 e. The Kier molecular flexibility index (Phi) is 4.80. The van der Waals surface area contributed by atoms with E-state index in [0.717, 1.165) is 17.7 Å². The van der Waals surface area contributed by atoms with Crippen molar-refractivity contribution in [3.05, 3.63) is 83.7 Å². The van der Waals surface area contributed by atoms with Gasteiger partial charge in [0.05, 0.1) is 11.4 Å². The Morgan fingerprint density at radius 2 is 1.68 bits per heavy atom. The molecule has 0 saturated heterocycles. The van der Waals surface area contributed by atoms with E-state index >= 15 is 0 Å². The second-order valence-electron chi connectivity index (χ2n) is 5.37. The average molecular weight is 333 g/mol. The Morgan fingerprint density at radius 3 is 2.36 bits per heavy atom. The van der Waals surface area contributed by atoms with Gasteiger partial charge in [-0.05, 0) is 48.0 Å². The summed E-state index contributed by atoms with van der Waals surface area (Å²) >= 11 is 0. The van der Waals surface area contributed by atoms with E-state index in [1.807, 2.05) is 42.5 Å². The lowest BCUT2D eigenvalue weighted by Gasteiger charge is -2.02. The molecule has 0 aliphatic carbocycles. The van der Waals surface area contributed by atoms with Gasteiger partial charge in [-0.15, -0.1) is 0 Å². The zero-order valence-electron chi connectivity index (χ0n) is 13.2. The third-order valence-electron chi connectivity index (χ3n) is 3.54. The maximum absolute atomic E-state index is 11.0. The van der Waals surface area contributed by atoms with Gasteiger partial charge in [-0.3, -0.25) is 4.98 Å². The summed E-state index contributed by atoms with van der Waals surface area (Å²) in [5.41, 5.74) is 2.89. The summed E-state index contributed by atoms with van der Waals surface area (Å²) in [5, 5.41) is 26.6. The molecule has 0 unspecified atom stereocenters. The summed E-state index contributed by atoms with van der Waals surface area (Å²) in [6.07, 6.45) is 2.50. The van der Waals surface area contributed by atoms with Gasteiger partial charge in [0.2, 0.25) is 0 Å². The van der Waals surface area contributed by atoms with E-state index in [4.69, 9.17) is 5.11 Å². The summed E-state index contributed by atoms with van der Waals surface area (Å²) in [4.78, 5) is 15.3. The van der Waals surface area contributed by atoms with E-state index in [-0.39, 0.29) is 11.3 Å². The van der Waals surface area contributed by atoms with E-state index in [1.165, 1.54) is 18.2 Å². The van der Waals surface area contributed by atoms with Crippen LogP contribution in [0, 0.1) is 0 Å². The van der Waals surface area contributed by atoms with Crippen LogP contribution in [0.1, 0.15) is 21.6 Å². The number of aromatic carboxylic acids is 1. The van der Waals surface area contributed by atoms with Crippen LogP contribution < -0.4 is 0 Å². The van der Waals surface area contributed by atoms with Gasteiger partial charge in [0, 0.05) is 18.3 Å². The number of pyridine rings is 1. The number of carboxylic acid groups (broad SMARTS) is 1. The fourth-order valence-corrected chi connectivity index (χ4v) is 2.27. The number of rotatable bonds is 5. The van der Waals surface area contributed by atoms with E-state index in [1.54, 1.807) is 6.20 Å². The highest BCUT2D eigenvalue weighted by molar-refractivity contribution is 5.91. The molecule has 2 aromatic carbocycles. The summed E-state index contributed by atoms with van der Waals surface area (Å²) in [6, 6.07) is 17.4. The van der Waals surface area contributed by atoms with Gasteiger partial charge in [0.1, 0.15) is 11.3 Å². The molecular formula is C19H15N3O3. The third kappa shape index (κ3) is 4.26. The fraction of sp³-hybridized carbons (Fsp3) is 0.0526. The fourth-order valence-electron chi connectivity index (χ4n) is 2.27. The zero-order chi connectivity index (χ0) is 17.6. The van der Waals surface area contributed by atoms with E-state index < -0.39 is 5.97 Å². The molecule has 3 rings (SSSR count). The SMILES string of the molecule is O=C(O)c1cc(N=Nc2ccc(Cc3ccccn3)cc2)ccc1O. The van der Waals surface area contributed by atoms with Gasteiger partial charge in [-0.25, -0.2) is 4.79 Å². The molecule has 6 heteroatoms. The van der Waals surface area contributed by atoms with Crippen molar-refractivity contribution in [1.29, 1.82) is 0 Å². The molecule has 124 valence electrons. The predicted octanol–water partition coefficient (Wildman–Crippen LogP) is 4.49. The molecular weight excluding hydrogens is 318 g/mol. The monoisotopic (exact) mass is 333 g/mol. The number of azo groups is 1. The maximum Gasteiger partial charge on any atom is 0.339 e. The van der Waals surface area contributed by atoms with Crippen LogP contribution in [0.5, 0.6) is 5.75 Å². The molecule has 0 bridgehead atoms. The van der Waals surface area contributed by atoms with Crippen LogP contribution in [0.2, 0.25) is 0 Å². The summed E-state index contributed by atoms with van der Waals surface area (Å²) < 4.78 is 0. The standard InChI is InChI=1S/C19H15N3O3/c23-18-9-8-16(12-17(18)19(24)25)22-21-14-6-4-13(5-7-14)11-15-3-1-2-10-20-15/h1-10,12,23H,11H2,(H,24,25). The molecule has 0 amide bonds. The zero-order valence-corrected chi connectivity index (χ0v) is 13.2. The first-order chi connectivity index (χ1) is 12.1.